The molecular weight excluding hydrogens is 217 g/mol. The average molecular weight is 227 g/mol. The zero-order valence-corrected chi connectivity index (χ0v) is 10.7. The topological polar surface area (TPSA) is 0 Å². The molecular formula is C3H10AlCl3Ti. The van der Waals surface area contributed by atoms with Gasteiger partial charge in [-0.15, -0.1) is 49.9 Å². The Labute approximate surface area is 92.4 Å². The van der Waals surface area contributed by atoms with Gasteiger partial charge in [0.2, 0.25) is 16.3 Å². The second-order valence-electron chi connectivity index (χ2n) is 0.697. The van der Waals surface area contributed by atoms with Gasteiger partial charge in [0.1, 0.15) is 0 Å². The van der Waals surface area contributed by atoms with Crippen LogP contribution in [0, 0.1) is 0 Å². The molecule has 0 rings (SSSR count). The molecule has 0 aliphatic carbocycles. The molecule has 5 heteroatoms. The van der Waals surface area contributed by atoms with Crippen molar-refractivity contribution in [1.82, 2.24) is 0 Å². The predicted molar refractivity (Wildman–Crippen MR) is 45.3 cm³/mol. The molecule has 0 atom stereocenters. The van der Waals surface area contributed by atoms with Crippen LogP contribution in [0.4, 0.5) is 0 Å². The molecule has 0 amide bonds. The van der Waals surface area contributed by atoms with Crippen molar-refractivity contribution in [1.29, 1.82) is 0 Å². The summed E-state index contributed by atoms with van der Waals surface area (Å²) in [4.78, 5) is 0. The standard InChI is InChI=1S/C3H5.Al.3ClH.Ti.2H/c1-3-2;;;;;;;/h3H,1-2H2;;3*1H;;;. The fourth-order valence-electron chi connectivity index (χ4n) is 0. The number of hydrogen-bond donors (Lipinski definition) is 0. The average Bonchev–Trinajstić information content (AvgIpc) is 1.37. The van der Waals surface area contributed by atoms with Crippen LogP contribution in [-0.2, 0) is 21.7 Å². The Kier molecular flexibility index (Phi) is 151. The molecule has 0 radical (unpaired) electrons. The summed E-state index contributed by atoms with van der Waals surface area (Å²) in [6.07, 6.45) is 1.94. The maximum Gasteiger partial charge on any atom is 0.217 e. The van der Waals surface area contributed by atoms with Crippen LogP contribution in [0.5, 0.6) is 0 Å². The van der Waals surface area contributed by atoms with Crippen LogP contribution in [0.15, 0.2) is 12.7 Å². The van der Waals surface area contributed by atoms with E-state index in [1.807, 2.05) is 6.08 Å². The maximum absolute atomic E-state index is 3.51. The second kappa shape index (κ2) is 36.8. The molecule has 0 aromatic rings. The summed E-state index contributed by atoms with van der Waals surface area (Å²) >= 11 is 1.27. The van der Waals surface area contributed by atoms with Crippen LogP contribution < -0.4 is 0 Å². The quantitative estimate of drug-likeness (QED) is 0.470. The Morgan fingerprint density at radius 1 is 1.25 bits per heavy atom. The van der Waals surface area contributed by atoms with Crippen molar-refractivity contribution in [2.75, 3.05) is 0 Å². The zero-order chi connectivity index (χ0) is 3.41. The zero-order valence-electron chi connectivity index (χ0n) is 4.72. The van der Waals surface area contributed by atoms with Crippen LogP contribution in [0.2, 0.25) is 5.28 Å². The molecule has 0 heterocycles. The van der Waals surface area contributed by atoms with Gasteiger partial charge in [-0.25, -0.2) is 0 Å². The van der Waals surface area contributed by atoms with Gasteiger partial charge < -0.3 is 0 Å². The van der Waals surface area contributed by atoms with E-state index in [9.17, 15) is 0 Å². The van der Waals surface area contributed by atoms with Gasteiger partial charge in [-0.1, -0.05) is 5.28 Å². The van der Waals surface area contributed by atoms with E-state index in [4.69, 9.17) is 0 Å². The van der Waals surface area contributed by atoms with E-state index in [-0.39, 0.29) is 58.9 Å². The van der Waals surface area contributed by atoms with E-state index in [1.54, 1.807) is 0 Å². The summed E-state index contributed by atoms with van der Waals surface area (Å²) in [5, 5.41) is 1.22. The van der Waals surface area contributed by atoms with Crippen LogP contribution >= 0.6 is 37.2 Å². The third kappa shape index (κ3) is 45.3. The largest absolute Gasteiger partial charge is 0.217 e. The van der Waals surface area contributed by atoms with E-state index >= 15 is 0 Å². The molecule has 50 valence electrons. The SMILES string of the molecule is C=C[CH2][AlH2].Cl.Cl.Cl.[Ti]. The van der Waals surface area contributed by atoms with Crippen molar-refractivity contribution in [3.05, 3.63) is 12.7 Å². The van der Waals surface area contributed by atoms with E-state index in [1.165, 1.54) is 21.6 Å². The van der Waals surface area contributed by atoms with Crippen molar-refractivity contribution >= 4 is 53.5 Å². The maximum atomic E-state index is 3.51. The minimum Gasteiger partial charge on any atom is -0.147 e. The Morgan fingerprint density at radius 3 is 1.38 bits per heavy atom. The van der Waals surface area contributed by atoms with E-state index < -0.39 is 0 Å². The van der Waals surface area contributed by atoms with Crippen molar-refractivity contribution in [2.45, 2.75) is 5.28 Å². The third-order valence-corrected chi connectivity index (χ3v) is 0.866. The summed E-state index contributed by atoms with van der Waals surface area (Å²) in [5.41, 5.74) is 0. The molecule has 0 aliphatic heterocycles. The van der Waals surface area contributed by atoms with Gasteiger partial charge >= 0.3 is 0 Å². The molecule has 0 aliphatic rings. The van der Waals surface area contributed by atoms with Crippen LogP contribution in [0.3, 0.4) is 0 Å². The molecule has 0 aromatic heterocycles. The van der Waals surface area contributed by atoms with Gasteiger partial charge in [-0.3, -0.25) is 0 Å². The molecule has 0 saturated carbocycles. The summed E-state index contributed by atoms with van der Waals surface area (Å²) in [7, 11) is 0. The molecule has 0 bridgehead atoms. The summed E-state index contributed by atoms with van der Waals surface area (Å²) < 4.78 is 0. The van der Waals surface area contributed by atoms with Gasteiger partial charge in [-0.05, 0) is 0 Å². The first-order valence-corrected chi connectivity index (χ1v) is 2.94. The number of hydrogen-bond acceptors (Lipinski definition) is 0. The molecule has 0 aromatic carbocycles. The van der Waals surface area contributed by atoms with Crippen LogP contribution in [0.1, 0.15) is 0 Å². The first-order valence-electron chi connectivity index (χ1n) is 1.52. The van der Waals surface area contributed by atoms with E-state index in [0.717, 1.165) is 0 Å². The number of rotatable bonds is 1. The van der Waals surface area contributed by atoms with Crippen molar-refractivity contribution < 1.29 is 21.7 Å². The van der Waals surface area contributed by atoms with E-state index in [2.05, 4.69) is 6.58 Å². The summed E-state index contributed by atoms with van der Waals surface area (Å²) in [5.74, 6) is 0. The second-order valence-corrected chi connectivity index (χ2v) is 1.51. The van der Waals surface area contributed by atoms with Gasteiger partial charge in [0.15, 0.2) is 0 Å². The minimum atomic E-state index is 0. The smallest absolute Gasteiger partial charge is 0.147 e. The first-order chi connectivity index (χ1) is 1.91. The fourth-order valence-corrected chi connectivity index (χ4v) is 0. The van der Waals surface area contributed by atoms with Gasteiger partial charge in [0.25, 0.3) is 0 Å². The van der Waals surface area contributed by atoms with Crippen LogP contribution in [-0.4, -0.2) is 16.3 Å². The van der Waals surface area contributed by atoms with Crippen LogP contribution in [0.25, 0.3) is 0 Å². The Morgan fingerprint density at radius 2 is 1.38 bits per heavy atom. The van der Waals surface area contributed by atoms with E-state index in [0.29, 0.717) is 0 Å². The van der Waals surface area contributed by atoms with Gasteiger partial charge in [-0.2, -0.15) is 0 Å². The Bertz CT molecular complexity index is 28.5. The molecule has 0 unspecified atom stereocenters. The summed E-state index contributed by atoms with van der Waals surface area (Å²) in [6.45, 7) is 3.51. The van der Waals surface area contributed by atoms with Crippen molar-refractivity contribution in [3.63, 3.8) is 0 Å². The molecule has 0 nitrogen and oxygen atoms in total. The Hall–Kier alpha value is 1.86. The Balaban J connectivity index is -0.00000000750. The monoisotopic (exact) mass is 226 g/mol. The van der Waals surface area contributed by atoms with Gasteiger partial charge in [0.05, 0.1) is 0 Å². The number of allylic oxidation sites excluding steroid dienone is 1. The minimum absolute atomic E-state index is 0. The molecule has 0 fully saturated rings. The summed E-state index contributed by atoms with van der Waals surface area (Å²) in [6, 6.07) is 0. The molecule has 0 spiro atoms. The predicted octanol–water partition coefficient (Wildman–Crippen LogP) is 1.49. The van der Waals surface area contributed by atoms with Crippen molar-refractivity contribution in [3.8, 4) is 0 Å². The molecule has 0 saturated heterocycles. The molecule has 8 heavy (non-hydrogen) atoms. The molecule has 0 N–H and O–H groups in total. The third-order valence-electron chi connectivity index (χ3n) is 0.289. The fraction of sp³-hybridized carbons (Fsp3) is 0.333. The first kappa shape index (κ1) is 32.8. The van der Waals surface area contributed by atoms with Gasteiger partial charge in [0, 0.05) is 21.7 Å². The van der Waals surface area contributed by atoms with Crippen molar-refractivity contribution in [2.24, 2.45) is 0 Å². The normalized spacial score (nSPS) is 3.00. The number of halogens is 3.